The topological polar surface area (TPSA) is 141 Å². The van der Waals surface area contributed by atoms with Crippen LogP contribution >= 0.6 is 0 Å². The number of aryl methyl sites for hydroxylation is 1. The van der Waals surface area contributed by atoms with Gasteiger partial charge in [0.1, 0.15) is 23.8 Å². The highest BCUT2D eigenvalue weighted by molar-refractivity contribution is 5.96. The molecule has 12 heteroatoms. The number of benzene rings is 1. The zero-order valence-corrected chi connectivity index (χ0v) is 17.3. The van der Waals surface area contributed by atoms with Crippen molar-refractivity contribution < 1.29 is 19.1 Å². The van der Waals surface area contributed by atoms with Gasteiger partial charge in [0.25, 0.3) is 11.5 Å². The molecule has 0 spiro atoms. The molecule has 4 aromatic rings. The van der Waals surface area contributed by atoms with Crippen LogP contribution in [0.3, 0.4) is 0 Å². The molecule has 1 atom stereocenters. The number of rotatable bonds is 5. The summed E-state index contributed by atoms with van der Waals surface area (Å²) < 4.78 is 12.2. The Morgan fingerprint density at radius 3 is 2.94 bits per heavy atom. The lowest BCUT2D eigenvalue weighted by atomic mass is 10.2. The minimum Gasteiger partial charge on any atom is -0.466 e. The second-order valence-corrected chi connectivity index (χ2v) is 7.54. The van der Waals surface area contributed by atoms with Crippen molar-refractivity contribution in [1.29, 1.82) is 0 Å². The van der Waals surface area contributed by atoms with E-state index in [1.165, 1.54) is 27.6 Å². The largest absolute Gasteiger partial charge is 0.466 e. The van der Waals surface area contributed by atoms with Crippen LogP contribution in [-0.2, 0) is 17.9 Å². The number of amides is 1. The molecule has 1 N–H and O–H groups in total. The van der Waals surface area contributed by atoms with Crippen LogP contribution < -0.4 is 15.2 Å². The van der Waals surface area contributed by atoms with Crippen molar-refractivity contribution >= 4 is 22.6 Å². The predicted molar refractivity (Wildman–Crippen MR) is 110 cm³/mol. The molecule has 3 aromatic heterocycles. The van der Waals surface area contributed by atoms with Crippen molar-refractivity contribution in [2.75, 3.05) is 18.6 Å². The number of nitrogens with zero attached hydrogens (tertiary/aromatic N) is 7. The molecule has 0 saturated carbocycles. The highest BCUT2D eigenvalue weighted by Gasteiger charge is 2.27. The zero-order valence-electron chi connectivity index (χ0n) is 17.3. The third kappa shape index (κ3) is 3.50. The van der Waals surface area contributed by atoms with Crippen LogP contribution in [0, 0.1) is 6.92 Å². The molecular weight excluding hydrogens is 418 g/mol. The number of fused-ring (bicyclic) bond motifs is 2. The molecule has 0 fully saturated rings. The smallest absolute Gasteiger partial charge is 0.281 e. The van der Waals surface area contributed by atoms with E-state index >= 15 is 0 Å². The Labute approximate surface area is 180 Å². The summed E-state index contributed by atoms with van der Waals surface area (Å²) in [6.45, 7) is 1.83. The summed E-state index contributed by atoms with van der Waals surface area (Å²) in [6, 6.07) is 7.54. The normalized spacial score (nSPS) is 14.5. The minimum atomic E-state index is -0.977. The van der Waals surface area contributed by atoms with Gasteiger partial charge in [0.05, 0.1) is 13.1 Å². The summed E-state index contributed by atoms with van der Waals surface area (Å²) in [5, 5.41) is 23.5. The number of carbonyl (C=O) groups is 1. The van der Waals surface area contributed by atoms with Gasteiger partial charge in [-0.2, -0.15) is 4.80 Å². The minimum absolute atomic E-state index is 0.0127. The molecule has 1 aliphatic rings. The summed E-state index contributed by atoms with van der Waals surface area (Å²) in [4.78, 5) is 31.1. The maximum Gasteiger partial charge on any atom is 0.281 e. The number of anilines is 1. The zero-order chi connectivity index (χ0) is 22.4. The molecule has 12 nitrogen and oxygen atoms in total. The average Bonchev–Trinajstić information content (AvgIpc) is 3.39. The van der Waals surface area contributed by atoms with Gasteiger partial charge in [-0.1, -0.05) is 11.6 Å². The molecular formula is C20H19N7O5. The van der Waals surface area contributed by atoms with Gasteiger partial charge in [-0.3, -0.25) is 14.2 Å². The molecule has 0 saturated heterocycles. The van der Waals surface area contributed by atoms with Gasteiger partial charge in [-0.05, 0) is 30.3 Å². The molecule has 164 valence electrons. The van der Waals surface area contributed by atoms with E-state index < -0.39 is 11.7 Å². The number of carbonyl (C=O) groups excluding carboxylic acids is 1. The predicted octanol–water partition coefficient (Wildman–Crippen LogP) is 0.422. The lowest BCUT2D eigenvalue weighted by Crippen LogP contribution is -2.41. The van der Waals surface area contributed by atoms with Gasteiger partial charge >= 0.3 is 0 Å². The average molecular weight is 437 g/mol. The molecule has 0 radical (unpaired) electrons. The maximum atomic E-state index is 12.8. The van der Waals surface area contributed by atoms with E-state index in [-0.39, 0.29) is 43.0 Å². The van der Waals surface area contributed by atoms with E-state index in [1.807, 2.05) is 25.1 Å². The molecule has 0 bridgehead atoms. The first-order valence-corrected chi connectivity index (χ1v) is 9.82. The fourth-order valence-corrected chi connectivity index (χ4v) is 3.48. The van der Waals surface area contributed by atoms with E-state index in [0.717, 1.165) is 10.9 Å². The van der Waals surface area contributed by atoms with Crippen molar-refractivity contribution in [2.45, 2.75) is 26.1 Å². The number of likely N-dealkylation sites (N-methyl/N-ethyl adjacent to an activating group) is 1. The van der Waals surface area contributed by atoms with E-state index in [1.54, 1.807) is 6.07 Å². The third-order valence-corrected chi connectivity index (χ3v) is 5.18. The van der Waals surface area contributed by atoms with Crippen LogP contribution in [0.15, 0.2) is 39.8 Å². The monoisotopic (exact) mass is 437 g/mol. The number of aliphatic hydroxyl groups excluding tert-OH is 1. The Kier molecular flexibility index (Phi) is 4.70. The Morgan fingerprint density at radius 1 is 1.25 bits per heavy atom. The molecule has 5 rings (SSSR count). The first-order chi connectivity index (χ1) is 15.4. The maximum absolute atomic E-state index is 12.8. The van der Waals surface area contributed by atoms with E-state index in [0.29, 0.717) is 11.3 Å². The van der Waals surface area contributed by atoms with Crippen LogP contribution in [0.25, 0.3) is 11.0 Å². The molecule has 1 amide bonds. The van der Waals surface area contributed by atoms with Crippen molar-refractivity contribution in [3.8, 4) is 5.88 Å². The number of hydrogen-bond acceptors (Lipinski definition) is 9. The van der Waals surface area contributed by atoms with Gasteiger partial charge in [0.15, 0.2) is 18.1 Å². The first kappa shape index (κ1) is 19.9. The molecule has 0 unspecified atom stereocenters. The quantitative estimate of drug-likeness (QED) is 0.470. The lowest BCUT2D eigenvalue weighted by molar-refractivity contribution is -0.121. The Bertz CT molecular complexity index is 1390. The fourth-order valence-electron chi connectivity index (χ4n) is 3.48. The summed E-state index contributed by atoms with van der Waals surface area (Å²) in [7, 11) is 1.49. The molecule has 1 aliphatic heterocycles. The molecule has 32 heavy (non-hydrogen) atoms. The number of aromatic nitrogens is 6. The standard InChI is InChI=1S/C20H19N7O5/c1-11-3-4-14-12(5-11)6-15(32-14)13(28)7-27-23-16(22-24-27)8-26-10-21-19-18(20(26)30)25(2)17(29)9-31-19/h3-6,10,13,28H,7-9H2,1-2H3/t13-/m0/s1. The van der Waals surface area contributed by atoms with Crippen LogP contribution in [0.2, 0.25) is 0 Å². The number of ether oxygens (including phenoxy) is 1. The fraction of sp³-hybridized carbons (Fsp3) is 0.300. The second-order valence-electron chi connectivity index (χ2n) is 7.54. The van der Waals surface area contributed by atoms with Crippen LogP contribution in [0.4, 0.5) is 5.69 Å². The van der Waals surface area contributed by atoms with Crippen molar-refractivity contribution in [3.63, 3.8) is 0 Å². The second kappa shape index (κ2) is 7.57. The number of hydrogen-bond donors (Lipinski definition) is 1. The van der Waals surface area contributed by atoms with Crippen molar-refractivity contribution in [3.05, 3.63) is 58.1 Å². The Balaban J connectivity index is 1.33. The highest BCUT2D eigenvalue weighted by Crippen LogP contribution is 2.26. The van der Waals surface area contributed by atoms with Crippen LogP contribution in [0.1, 0.15) is 23.3 Å². The van der Waals surface area contributed by atoms with Gasteiger partial charge < -0.3 is 19.2 Å². The molecule has 4 heterocycles. The van der Waals surface area contributed by atoms with Crippen LogP contribution in [0.5, 0.6) is 5.88 Å². The van der Waals surface area contributed by atoms with E-state index in [4.69, 9.17) is 9.15 Å². The summed E-state index contributed by atoms with van der Waals surface area (Å²) >= 11 is 0. The van der Waals surface area contributed by atoms with Crippen molar-refractivity contribution in [1.82, 2.24) is 29.8 Å². The summed E-state index contributed by atoms with van der Waals surface area (Å²) in [5.41, 5.74) is 1.38. The van der Waals surface area contributed by atoms with Gasteiger partial charge in [0, 0.05) is 12.4 Å². The first-order valence-electron chi connectivity index (χ1n) is 9.82. The number of furan rings is 1. The van der Waals surface area contributed by atoms with E-state index in [2.05, 4.69) is 20.4 Å². The van der Waals surface area contributed by atoms with Gasteiger partial charge in [0.2, 0.25) is 5.88 Å². The molecule has 1 aromatic carbocycles. The lowest BCUT2D eigenvalue weighted by Gasteiger charge is -2.24. The number of tetrazole rings is 1. The van der Waals surface area contributed by atoms with E-state index in [9.17, 15) is 14.7 Å². The van der Waals surface area contributed by atoms with Crippen molar-refractivity contribution in [2.24, 2.45) is 0 Å². The Morgan fingerprint density at radius 2 is 2.09 bits per heavy atom. The van der Waals surface area contributed by atoms with Gasteiger partial charge in [-0.15, -0.1) is 10.2 Å². The SMILES string of the molecule is Cc1ccc2oc([C@@H](O)Cn3nnc(Cn4cnc5c(c4=O)N(C)C(=O)CO5)n3)cc2c1. The number of aliphatic hydroxyl groups is 1. The highest BCUT2D eigenvalue weighted by atomic mass is 16.5. The molecule has 0 aliphatic carbocycles. The van der Waals surface area contributed by atoms with Crippen LogP contribution in [-0.4, -0.2) is 54.4 Å². The summed E-state index contributed by atoms with van der Waals surface area (Å²) in [6.07, 6.45) is 0.325. The third-order valence-electron chi connectivity index (χ3n) is 5.18. The van der Waals surface area contributed by atoms with Gasteiger partial charge in [-0.25, -0.2) is 4.98 Å². The summed E-state index contributed by atoms with van der Waals surface area (Å²) in [5.74, 6) is 0.404. The Hall–Kier alpha value is -4.06.